The number of hydrogen-bond donors (Lipinski definition) is 0. The monoisotopic (exact) mass is 338 g/mol. The van der Waals surface area contributed by atoms with Crippen molar-refractivity contribution in [3.05, 3.63) is 52.1 Å². The summed E-state index contributed by atoms with van der Waals surface area (Å²) >= 11 is 0. The van der Waals surface area contributed by atoms with Crippen LogP contribution in [0, 0.1) is 0 Å². The van der Waals surface area contributed by atoms with Gasteiger partial charge in [-0.15, -0.1) is 0 Å². The lowest BCUT2D eigenvalue weighted by Gasteiger charge is -2.11. The van der Waals surface area contributed by atoms with Gasteiger partial charge in [-0.3, -0.25) is 9.36 Å². The van der Waals surface area contributed by atoms with Gasteiger partial charge < -0.3 is 13.9 Å². The van der Waals surface area contributed by atoms with Gasteiger partial charge in [-0.05, 0) is 31.4 Å². The van der Waals surface area contributed by atoms with E-state index in [4.69, 9.17) is 13.9 Å². The summed E-state index contributed by atoms with van der Waals surface area (Å²) in [7, 11) is 0. The van der Waals surface area contributed by atoms with Crippen molar-refractivity contribution in [3.8, 4) is 11.8 Å². The summed E-state index contributed by atoms with van der Waals surface area (Å²) in [5.41, 5.74) is 1.96. The van der Waals surface area contributed by atoms with E-state index < -0.39 is 0 Å². The van der Waals surface area contributed by atoms with Crippen LogP contribution in [0.25, 0.3) is 11.0 Å². The van der Waals surface area contributed by atoms with Gasteiger partial charge in [-0.25, -0.2) is 0 Å². The molecule has 2 aliphatic rings. The van der Waals surface area contributed by atoms with Crippen LogP contribution in [0.4, 0.5) is 0 Å². The minimum absolute atomic E-state index is 0.158. The molecule has 0 amide bonds. The highest BCUT2D eigenvalue weighted by atomic mass is 16.6. The van der Waals surface area contributed by atoms with E-state index >= 15 is 0 Å². The first kappa shape index (κ1) is 14.6. The van der Waals surface area contributed by atoms with Crippen LogP contribution >= 0.6 is 0 Å². The van der Waals surface area contributed by atoms with Crippen LogP contribution < -0.4 is 15.0 Å². The van der Waals surface area contributed by atoms with Crippen LogP contribution in [0.3, 0.4) is 0 Å². The maximum Gasteiger partial charge on any atom is 0.300 e. The molecule has 1 aliphatic carbocycles. The van der Waals surface area contributed by atoms with Gasteiger partial charge in [0.25, 0.3) is 11.6 Å². The highest BCUT2D eigenvalue weighted by molar-refractivity contribution is 5.83. The van der Waals surface area contributed by atoms with Crippen molar-refractivity contribution < 1.29 is 13.9 Å². The Bertz CT molecular complexity index is 1000. The van der Waals surface area contributed by atoms with Crippen molar-refractivity contribution in [2.75, 3.05) is 6.61 Å². The second-order valence-electron chi connectivity index (χ2n) is 6.62. The molecule has 25 heavy (non-hydrogen) atoms. The second-order valence-corrected chi connectivity index (χ2v) is 6.62. The Labute approximate surface area is 144 Å². The smallest absolute Gasteiger partial charge is 0.300 e. The lowest BCUT2D eigenvalue weighted by atomic mass is 9.96. The molecule has 0 spiro atoms. The zero-order chi connectivity index (χ0) is 16.8. The molecule has 0 radical (unpaired) electrons. The van der Waals surface area contributed by atoms with Gasteiger partial charge in [0.2, 0.25) is 0 Å². The van der Waals surface area contributed by atoms with Gasteiger partial charge in [0.15, 0.2) is 6.10 Å². The fraction of sp³-hybridized carbons (Fsp3) is 0.368. The highest BCUT2D eigenvalue weighted by Crippen LogP contribution is 2.33. The Balaban J connectivity index is 1.31. The predicted molar refractivity (Wildman–Crippen MR) is 91.3 cm³/mol. The Morgan fingerprint density at radius 2 is 2.16 bits per heavy atom. The molecule has 2 aromatic heterocycles. The molecule has 6 heteroatoms. The van der Waals surface area contributed by atoms with Gasteiger partial charge in [0.1, 0.15) is 23.7 Å². The number of nitrogens with zero attached hydrogens (tertiary/aromatic N) is 2. The van der Waals surface area contributed by atoms with E-state index in [9.17, 15) is 4.79 Å². The van der Waals surface area contributed by atoms with Gasteiger partial charge in [-0.2, -0.15) is 4.98 Å². The number of furan rings is 1. The molecular weight excluding hydrogens is 320 g/mol. The van der Waals surface area contributed by atoms with Crippen LogP contribution in [0.15, 0.2) is 39.7 Å². The second kappa shape index (κ2) is 5.65. The van der Waals surface area contributed by atoms with Crippen LogP contribution in [-0.2, 0) is 19.4 Å². The lowest BCUT2D eigenvalue weighted by molar-refractivity contribution is 0.143. The van der Waals surface area contributed by atoms with Crippen molar-refractivity contribution in [2.24, 2.45) is 0 Å². The zero-order valence-corrected chi connectivity index (χ0v) is 13.7. The molecule has 3 heterocycles. The summed E-state index contributed by atoms with van der Waals surface area (Å²) in [6.07, 6.45) is 6.10. The molecule has 0 N–H and O–H groups in total. The molecule has 1 aromatic carbocycles. The summed E-state index contributed by atoms with van der Waals surface area (Å²) in [4.78, 5) is 15.1. The number of aryl methyl sites for hydroxylation is 2. The standard InChI is InChI=1S/C19H18N2O4/c22-18-7-8-21-10-13(24-19(21)20-18)11-23-12-5-6-15-14-3-1-2-4-16(14)25-17(15)9-12/h5-9,13H,1-4,10-11H2. The van der Waals surface area contributed by atoms with E-state index in [-0.39, 0.29) is 11.7 Å². The van der Waals surface area contributed by atoms with Crippen molar-refractivity contribution in [2.45, 2.75) is 38.3 Å². The molecule has 3 aromatic rings. The van der Waals surface area contributed by atoms with Gasteiger partial charge in [0.05, 0.1) is 6.54 Å². The van der Waals surface area contributed by atoms with Crippen LogP contribution in [0.2, 0.25) is 0 Å². The summed E-state index contributed by atoms with van der Waals surface area (Å²) in [5, 5.41) is 1.20. The molecule has 6 nitrogen and oxygen atoms in total. The largest absolute Gasteiger partial charge is 0.490 e. The first-order chi connectivity index (χ1) is 12.3. The molecule has 5 rings (SSSR count). The molecule has 0 fully saturated rings. The molecule has 0 saturated heterocycles. The van der Waals surface area contributed by atoms with Crippen LogP contribution in [-0.4, -0.2) is 22.3 Å². The Morgan fingerprint density at radius 3 is 3.12 bits per heavy atom. The lowest BCUT2D eigenvalue weighted by Crippen LogP contribution is -2.23. The van der Waals surface area contributed by atoms with E-state index in [0.717, 1.165) is 29.9 Å². The molecular formula is C19H18N2O4. The molecule has 1 unspecified atom stereocenters. The summed E-state index contributed by atoms with van der Waals surface area (Å²) < 4.78 is 19.4. The number of benzene rings is 1. The van der Waals surface area contributed by atoms with Crippen LogP contribution in [0.5, 0.6) is 11.8 Å². The predicted octanol–water partition coefficient (Wildman–Crippen LogP) is 2.71. The summed E-state index contributed by atoms with van der Waals surface area (Å²) in [6, 6.07) is 7.81. The SMILES string of the molecule is O=c1ccn2c(n1)OC(COc1ccc3c4c(oc3c1)CCCC4)C2. The molecule has 1 atom stereocenters. The number of hydrogen-bond acceptors (Lipinski definition) is 5. The third kappa shape index (κ3) is 2.58. The van der Waals surface area contributed by atoms with Gasteiger partial charge in [-0.1, -0.05) is 0 Å². The number of fused-ring (bicyclic) bond motifs is 4. The van der Waals surface area contributed by atoms with E-state index in [1.54, 1.807) is 6.20 Å². The average Bonchev–Trinajstić information content (AvgIpc) is 3.19. The summed E-state index contributed by atoms with van der Waals surface area (Å²) in [6.45, 7) is 1.02. The van der Waals surface area contributed by atoms with E-state index in [0.29, 0.717) is 19.2 Å². The molecule has 128 valence electrons. The molecule has 0 bridgehead atoms. The topological polar surface area (TPSA) is 66.5 Å². The highest BCUT2D eigenvalue weighted by Gasteiger charge is 2.24. The van der Waals surface area contributed by atoms with E-state index in [1.165, 1.54) is 29.9 Å². The minimum atomic E-state index is -0.292. The number of aromatic nitrogens is 2. The number of ether oxygens (including phenoxy) is 2. The zero-order valence-electron chi connectivity index (χ0n) is 13.7. The maximum atomic E-state index is 11.3. The van der Waals surface area contributed by atoms with Gasteiger partial charge >= 0.3 is 0 Å². The van der Waals surface area contributed by atoms with E-state index in [1.807, 2.05) is 16.7 Å². The van der Waals surface area contributed by atoms with Crippen molar-refractivity contribution in [1.82, 2.24) is 9.55 Å². The first-order valence-corrected chi connectivity index (χ1v) is 8.67. The minimum Gasteiger partial charge on any atom is -0.490 e. The van der Waals surface area contributed by atoms with Gasteiger partial charge in [0, 0.05) is 35.7 Å². The van der Waals surface area contributed by atoms with Crippen molar-refractivity contribution in [1.29, 1.82) is 0 Å². The Hall–Kier alpha value is -2.76. The number of rotatable bonds is 3. The third-order valence-electron chi connectivity index (χ3n) is 4.89. The fourth-order valence-electron chi connectivity index (χ4n) is 3.66. The molecule has 0 saturated carbocycles. The first-order valence-electron chi connectivity index (χ1n) is 8.67. The van der Waals surface area contributed by atoms with Crippen molar-refractivity contribution in [3.63, 3.8) is 0 Å². The quantitative estimate of drug-likeness (QED) is 0.734. The maximum absolute atomic E-state index is 11.3. The Morgan fingerprint density at radius 1 is 1.24 bits per heavy atom. The normalized spacial score (nSPS) is 18.6. The average molecular weight is 338 g/mol. The molecule has 1 aliphatic heterocycles. The van der Waals surface area contributed by atoms with Crippen LogP contribution in [0.1, 0.15) is 24.2 Å². The summed E-state index contributed by atoms with van der Waals surface area (Å²) in [5.74, 6) is 1.89. The van der Waals surface area contributed by atoms with Crippen molar-refractivity contribution >= 4 is 11.0 Å². The Kier molecular flexibility index (Phi) is 3.29. The third-order valence-corrected chi connectivity index (χ3v) is 4.89. The fourth-order valence-corrected chi connectivity index (χ4v) is 3.66. The van der Waals surface area contributed by atoms with E-state index in [2.05, 4.69) is 11.1 Å².